The van der Waals surface area contributed by atoms with Gasteiger partial charge in [0.15, 0.2) is 0 Å². The van der Waals surface area contributed by atoms with Crippen molar-refractivity contribution in [3.63, 3.8) is 0 Å². The van der Waals surface area contributed by atoms with Crippen LogP contribution in [0.4, 0.5) is 0 Å². The van der Waals surface area contributed by atoms with Gasteiger partial charge in [-0.05, 0) is 0 Å². The summed E-state index contributed by atoms with van der Waals surface area (Å²) in [4.78, 5) is 0. The van der Waals surface area contributed by atoms with E-state index < -0.39 is 0 Å². The fourth-order valence-electron chi connectivity index (χ4n) is 0.236. The van der Waals surface area contributed by atoms with E-state index in [1.165, 1.54) is 0 Å². The van der Waals surface area contributed by atoms with E-state index in [1.54, 1.807) is 0 Å². The van der Waals surface area contributed by atoms with Gasteiger partial charge < -0.3 is 0 Å². The van der Waals surface area contributed by atoms with Gasteiger partial charge in [0, 0.05) is 0 Å². The van der Waals surface area contributed by atoms with Crippen LogP contribution >= 0.6 is 0 Å². The summed E-state index contributed by atoms with van der Waals surface area (Å²) in [6.07, 6.45) is 0.454. The van der Waals surface area contributed by atoms with E-state index in [0.717, 1.165) is 0 Å². The molecule has 0 aromatic carbocycles. The molecule has 1 nitrogen and oxygen atoms in total. The molecule has 0 aliphatic heterocycles. The van der Waals surface area contributed by atoms with Gasteiger partial charge in [0.25, 0.3) is 0 Å². The van der Waals surface area contributed by atoms with Crippen LogP contribution < -0.4 is 0 Å². The van der Waals surface area contributed by atoms with Crippen LogP contribution in [0.2, 0.25) is 5.23 Å². The summed E-state index contributed by atoms with van der Waals surface area (Å²) in [7, 11) is 0. The Balaban J connectivity index is 2.63. The Morgan fingerprint density at radius 2 is 2.00 bits per heavy atom. The molecule has 0 unspecified atom stereocenters. The van der Waals surface area contributed by atoms with Gasteiger partial charge in [-0.15, -0.1) is 0 Å². The molecule has 0 atom stereocenters. The van der Waals surface area contributed by atoms with E-state index in [-0.39, 0.29) is 19.5 Å². The third-order valence-corrected chi connectivity index (χ3v) is 1.46. The van der Waals surface area contributed by atoms with Crippen LogP contribution in [-0.2, 0) is 22.9 Å². The first-order valence-electron chi connectivity index (χ1n) is 2.09. The molecular weight excluding hydrogens is 112 g/mol. The van der Waals surface area contributed by atoms with E-state index in [4.69, 9.17) is 3.32 Å². The predicted octanol–water partition coefficient (Wildman–Crippen LogP) is 1.46. The second-order valence-corrected chi connectivity index (χ2v) is 2.38. The van der Waals surface area contributed by atoms with Crippen molar-refractivity contribution in [1.29, 1.82) is 0 Å². The molecule has 0 saturated carbocycles. The molecule has 0 amide bonds. The second-order valence-electron chi connectivity index (χ2n) is 1.37. The summed E-state index contributed by atoms with van der Waals surface area (Å²) in [6.45, 7) is 4.12. The Morgan fingerprint density at radius 1 is 1.50 bits per heavy atom. The van der Waals surface area contributed by atoms with Gasteiger partial charge in [-0.1, -0.05) is 0 Å². The predicted molar refractivity (Wildman–Crippen MR) is 22.1 cm³/mol. The van der Waals surface area contributed by atoms with Crippen LogP contribution in [0.15, 0.2) is 0 Å². The number of hydrogen-bond donors (Lipinski definition) is 0. The topological polar surface area (TPSA) is 9.23 Å². The van der Waals surface area contributed by atoms with Crippen molar-refractivity contribution in [2.24, 2.45) is 0 Å². The maximum atomic E-state index is 5.17. The van der Waals surface area contributed by atoms with E-state index >= 15 is 0 Å². The zero-order valence-electron chi connectivity index (χ0n) is 4.49. The van der Waals surface area contributed by atoms with Crippen molar-refractivity contribution in [2.75, 3.05) is 0 Å². The van der Waals surface area contributed by atoms with Crippen molar-refractivity contribution < 1.29 is 22.9 Å². The molecule has 0 radical (unpaired) electrons. The molecule has 0 aromatic heterocycles. The average molecular weight is 122 g/mol. The van der Waals surface area contributed by atoms with Gasteiger partial charge >= 0.3 is 48.0 Å². The summed E-state index contributed by atoms with van der Waals surface area (Å²) < 4.78 is 5.17. The van der Waals surface area contributed by atoms with Crippen molar-refractivity contribution in [2.45, 2.75) is 25.2 Å². The molecule has 0 rings (SSSR count). The first-order chi connectivity index (χ1) is 2.77. The van der Waals surface area contributed by atoms with E-state index in [0.29, 0.717) is 6.10 Å². The van der Waals surface area contributed by atoms with Gasteiger partial charge in [-0.25, -0.2) is 0 Å². The maximum absolute atomic E-state index is 5.17. The molecule has 0 aromatic rings. The Hall–Kier alpha value is 0.674. The molecule has 36 valence electrons. The minimum atomic E-state index is -0.0370. The van der Waals surface area contributed by atoms with Crippen LogP contribution in [0.1, 0.15) is 13.8 Å². The van der Waals surface area contributed by atoms with Gasteiger partial charge in [0.05, 0.1) is 0 Å². The zero-order valence-corrected chi connectivity index (χ0v) is 6.05. The Bertz CT molecular complexity index is 28.7. The Labute approximate surface area is 48.5 Å². The van der Waals surface area contributed by atoms with Gasteiger partial charge in [-0.3, -0.25) is 0 Å². The van der Waals surface area contributed by atoms with Crippen LogP contribution in [0.3, 0.4) is 0 Å². The summed E-state index contributed by atoms with van der Waals surface area (Å²) in [5.41, 5.74) is 0. The summed E-state index contributed by atoms with van der Waals surface area (Å²) in [5.74, 6) is 0. The molecule has 0 heterocycles. The molecule has 0 spiro atoms. The second kappa shape index (κ2) is 3.85. The third-order valence-electron chi connectivity index (χ3n) is 0.354. The summed E-state index contributed by atoms with van der Waals surface area (Å²) in [5, 5.41) is 2.12. The first kappa shape index (κ1) is 6.67. The van der Waals surface area contributed by atoms with Crippen molar-refractivity contribution in [3.8, 4) is 0 Å². The molecule has 0 N–H and O–H groups in total. The number of rotatable bonds is 2. The van der Waals surface area contributed by atoms with Crippen LogP contribution in [0, 0.1) is 0 Å². The van der Waals surface area contributed by atoms with Crippen molar-refractivity contribution in [1.82, 2.24) is 0 Å². The molecular formula is C4H10OTi. The molecule has 2 heteroatoms. The Kier molecular flexibility index (Phi) is 4.28. The Morgan fingerprint density at radius 3 is 2.00 bits per heavy atom. The summed E-state index contributed by atoms with van der Waals surface area (Å²) in [6, 6.07) is 0. The van der Waals surface area contributed by atoms with E-state index in [9.17, 15) is 0 Å². The quantitative estimate of drug-likeness (QED) is 0.503. The first-order valence-corrected chi connectivity index (χ1v) is 4.29. The zero-order chi connectivity index (χ0) is 4.99. The summed E-state index contributed by atoms with van der Waals surface area (Å²) >= 11 is -0.0370. The standard InChI is InChI=1S/C3H7O.CH3.Ti/c1-3(2)4;;/h3H,1-2H3;1H3;/q-1;;+1. The van der Waals surface area contributed by atoms with E-state index in [1.807, 2.05) is 0 Å². The van der Waals surface area contributed by atoms with Crippen molar-refractivity contribution in [3.05, 3.63) is 0 Å². The molecule has 0 aliphatic carbocycles. The van der Waals surface area contributed by atoms with Crippen LogP contribution in [-0.4, -0.2) is 6.10 Å². The minimum absolute atomic E-state index is 0.0370. The fourth-order valence-corrected chi connectivity index (χ4v) is 0.972. The molecule has 0 fully saturated rings. The molecule has 6 heavy (non-hydrogen) atoms. The average Bonchev–Trinajstić information content (AvgIpc) is 1.35. The van der Waals surface area contributed by atoms with E-state index in [2.05, 4.69) is 19.1 Å². The van der Waals surface area contributed by atoms with Gasteiger partial charge in [0.2, 0.25) is 0 Å². The van der Waals surface area contributed by atoms with Crippen LogP contribution in [0.25, 0.3) is 0 Å². The van der Waals surface area contributed by atoms with Crippen LogP contribution in [0.5, 0.6) is 0 Å². The van der Waals surface area contributed by atoms with Crippen molar-refractivity contribution >= 4 is 0 Å². The molecule has 0 saturated heterocycles. The molecule has 0 aliphatic rings. The fraction of sp³-hybridized carbons (Fsp3) is 1.00. The van der Waals surface area contributed by atoms with Gasteiger partial charge in [0.1, 0.15) is 0 Å². The molecule has 0 bridgehead atoms. The third kappa shape index (κ3) is 4.67. The monoisotopic (exact) mass is 122 g/mol. The number of hydrogen-bond acceptors (Lipinski definition) is 1. The normalized spacial score (nSPS) is 9.33. The SMILES string of the molecule is [CH3][Ti][O]C(C)C. The van der Waals surface area contributed by atoms with Gasteiger partial charge in [-0.2, -0.15) is 0 Å².